The summed E-state index contributed by atoms with van der Waals surface area (Å²) >= 11 is 3.49. The number of fused-ring (bicyclic) bond motifs is 1. The quantitative estimate of drug-likeness (QED) is 0.686. The molecule has 3 rings (SSSR count). The van der Waals surface area contributed by atoms with E-state index in [0.717, 1.165) is 26.9 Å². The molecule has 2 heterocycles. The molecule has 4 heteroatoms. The molecule has 90 valence electrons. The van der Waals surface area contributed by atoms with E-state index in [9.17, 15) is 0 Å². The van der Waals surface area contributed by atoms with Gasteiger partial charge in [0.15, 0.2) is 0 Å². The van der Waals surface area contributed by atoms with Crippen LogP contribution in [-0.2, 0) is 7.05 Å². The highest BCUT2D eigenvalue weighted by molar-refractivity contribution is 9.10. The molecule has 0 atom stereocenters. The summed E-state index contributed by atoms with van der Waals surface area (Å²) in [5.74, 6) is 0.953. The van der Waals surface area contributed by atoms with Crippen LogP contribution in [0.2, 0.25) is 0 Å². The van der Waals surface area contributed by atoms with Crippen LogP contribution in [-0.4, -0.2) is 14.5 Å². The number of halogens is 1. The van der Waals surface area contributed by atoms with E-state index in [2.05, 4.69) is 43.5 Å². The lowest BCUT2D eigenvalue weighted by molar-refractivity contribution is 0.955. The standard InChI is InChI=1S/C14H12BrN3/c1-9-5-6-16-8-11(9)14-17-12-4-3-10(15)7-13(12)18(14)2/h3-8H,1-2H3. The third-order valence-electron chi connectivity index (χ3n) is 3.12. The van der Waals surface area contributed by atoms with E-state index in [1.165, 1.54) is 5.56 Å². The smallest absolute Gasteiger partial charge is 0.142 e. The maximum absolute atomic E-state index is 4.69. The van der Waals surface area contributed by atoms with Gasteiger partial charge in [0.05, 0.1) is 11.0 Å². The van der Waals surface area contributed by atoms with Gasteiger partial charge >= 0.3 is 0 Å². The summed E-state index contributed by atoms with van der Waals surface area (Å²) in [7, 11) is 2.03. The van der Waals surface area contributed by atoms with Crippen LogP contribution >= 0.6 is 15.9 Å². The van der Waals surface area contributed by atoms with Crippen molar-refractivity contribution < 1.29 is 0 Å². The summed E-state index contributed by atoms with van der Waals surface area (Å²) in [4.78, 5) is 8.87. The molecule has 0 bridgehead atoms. The predicted octanol–water partition coefficient (Wildman–Crippen LogP) is 3.71. The Morgan fingerprint density at radius 1 is 1.22 bits per heavy atom. The van der Waals surface area contributed by atoms with Crippen LogP contribution in [0.15, 0.2) is 41.1 Å². The second kappa shape index (κ2) is 4.21. The second-order valence-electron chi connectivity index (χ2n) is 4.32. The van der Waals surface area contributed by atoms with Gasteiger partial charge in [-0.15, -0.1) is 0 Å². The molecule has 0 unspecified atom stereocenters. The first-order valence-corrected chi connectivity index (χ1v) is 6.49. The van der Waals surface area contributed by atoms with Crippen LogP contribution in [0.1, 0.15) is 5.56 Å². The first-order chi connectivity index (χ1) is 8.66. The number of aromatic nitrogens is 3. The zero-order valence-electron chi connectivity index (χ0n) is 10.2. The Kier molecular flexibility index (Phi) is 2.67. The number of rotatable bonds is 1. The lowest BCUT2D eigenvalue weighted by atomic mass is 10.1. The van der Waals surface area contributed by atoms with Gasteiger partial charge in [-0.05, 0) is 36.8 Å². The monoisotopic (exact) mass is 301 g/mol. The molecule has 0 aliphatic carbocycles. The summed E-state index contributed by atoms with van der Waals surface area (Å²) in [5.41, 5.74) is 4.37. The minimum Gasteiger partial charge on any atom is -0.327 e. The van der Waals surface area contributed by atoms with Gasteiger partial charge in [0.25, 0.3) is 0 Å². The Hall–Kier alpha value is -1.68. The summed E-state index contributed by atoms with van der Waals surface area (Å²) in [5, 5.41) is 0. The molecule has 3 nitrogen and oxygen atoms in total. The largest absolute Gasteiger partial charge is 0.327 e. The molecule has 18 heavy (non-hydrogen) atoms. The number of aryl methyl sites for hydroxylation is 2. The normalized spacial score (nSPS) is 11.1. The average molecular weight is 302 g/mol. The summed E-state index contributed by atoms with van der Waals surface area (Å²) in [6.45, 7) is 2.08. The van der Waals surface area contributed by atoms with Gasteiger partial charge in [0.1, 0.15) is 5.82 Å². The Morgan fingerprint density at radius 3 is 2.83 bits per heavy atom. The van der Waals surface area contributed by atoms with Crippen LogP contribution in [0.3, 0.4) is 0 Å². The van der Waals surface area contributed by atoms with Crippen molar-refractivity contribution >= 4 is 27.0 Å². The minimum absolute atomic E-state index is 0.953. The second-order valence-corrected chi connectivity index (χ2v) is 5.23. The van der Waals surface area contributed by atoms with E-state index in [-0.39, 0.29) is 0 Å². The zero-order chi connectivity index (χ0) is 12.7. The molecule has 1 aromatic carbocycles. The molecule has 0 aliphatic rings. The zero-order valence-corrected chi connectivity index (χ0v) is 11.8. The van der Waals surface area contributed by atoms with E-state index in [1.54, 1.807) is 6.20 Å². The predicted molar refractivity (Wildman–Crippen MR) is 76.4 cm³/mol. The third kappa shape index (κ3) is 1.73. The van der Waals surface area contributed by atoms with Gasteiger partial charge in [0.2, 0.25) is 0 Å². The van der Waals surface area contributed by atoms with Crippen molar-refractivity contribution in [3.05, 3.63) is 46.7 Å². The number of pyridine rings is 1. The van der Waals surface area contributed by atoms with Crippen molar-refractivity contribution in [2.75, 3.05) is 0 Å². The summed E-state index contributed by atoms with van der Waals surface area (Å²) in [6.07, 6.45) is 3.67. The Bertz CT molecular complexity index is 731. The molecule has 0 amide bonds. The highest BCUT2D eigenvalue weighted by Crippen LogP contribution is 2.27. The third-order valence-corrected chi connectivity index (χ3v) is 3.62. The fraction of sp³-hybridized carbons (Fsp3) is 0.143. The van der Waals surface area contributed by atoms with Gasteiger partial charge < -0.3 is 4.57 Å². The Labute approximate surface area is 114 Å². The molecule has 0 aliphatic heterocycles. The molecule has 0 saturated heterocycles. The lowest BCUT2D eigenvalue weighted by Crippen LogP contribution is -1.94. The molecule has 0 spiro atoms. The van der Waals surface area contributed by atoms with Crippen molar-refractivity contribution in [1.29, 1.82) is 0 Å². The Morgan fingerprint density at radius 2 is 2.06 bits per heavy atom. The van der Waals surface area contributed by atoms with Crippen LogP contribution in [0.4, 0.5) is 0 Å². The van der Waals surface area contributed by atoms with E-state index in [1.807, 2.05) is 31.4 Å². The fourth-order valence-electron chi connectivity index (χ4n) is 2.10. The van der Waals surface area contributed by atoms with Gasteiger partial charge in [0, 0.05) is 29.5 Å². The van der Waals surface area contributed by atoms with Gasteiger partial charge in [-0.2, -0.15) is 0 Å². The van der Waals surface area contributed by atoms with Gasteiger partial charge in [-0.25, -0.2) is 4.98 Å². The van der Waals surface area contributed by atoms with E-state index in [4.69, 9.17) is 0 Å². The number of imidazole rings is 1. The number of hydrogen-bond donors (Lipinski definition) is 0. The van der Waals surface area contributed by atoms with E-state index < -0.39 is 0 Å². The summed E-state index contributed by atoms with van der Waals surface area (Å²) in [6, 6.07) is 8.12. The highest BCUT2D eigenvalue weighted by Gasteiger charge is 2.11. The van der Waals surface area contributed by atoms with E-state index >= 15 is 0 Å². The van der Waals surface area contributed by atoms with E-state index in [0.29, 0.717) is 0 Å². The van der Waals surface area contributed by atoms with Crippen molar-refractivity contribution in [2.45, 2.75) is 6.92 Å². The average Bonchev–Trinajstić information content (AvgIpc) is 2.68. The molecule has 0 saturated carbocycles. The molecular weight excluding hydrogens is 290 g/mol. The van der Waals surface area contributed by atoms with Gasteiger partial charge in [-0.1, -0.05) is 15.9 Å². The number of nitrogens with zero attached hydrogens (tertiary/aromatic N) is 3. The Balaban J connectivity index is 2.31. The van der Waals surface area contributed by atoms with Gasteiger partial charge in [-0.3, -0.25) is 4.98 Å². The van der Waals surface area contributed by atoms with Crippen LogP contribution in [0.5, 0.6) is 0 Å². The van der Waals surface area contributed by atoms with Crippen molar-refractivity contribution in [2.24, 2.45) is 7.05 Å². The van der Waals surface area contributed by atoms with Crippen LogP contribution in [0, 0.1) is 6.92 Å². The first-order valence-electron chi connectivity index (χ1n) is 5.70. The topological polar surface area (TPSA) is 30.7 Å². The maximum atomic E-state index is 4.69. The molecule has 2 aromatic heterocycles. The number of hydrogen-bond acceptors (Lipinski definition) is 2. The molecule has 3 aromatic rings. The minimum atomic E-state index is 0.953. The molecule has 0 N–H and O–H groups in total. The summed E-state index contributed by atoms with van der Waals surface area (Å²) < 4.78 is 3.16. The van der Waals surface area contributed by atoms with Crippen molar-refractivity contribution in [1.82, 2.24) is 14.5 Å². The van der Waals surface area contributed by atoms with Crippen LogP contribution in [0.25, 0.3) is 22.4 Å². The van der Waals surface area contributed by atoms with Crippen molar-refractivity contribution in [3.63, 3.8) is 0 Å². The SMILES string of the molecule is Cc1ccncc1-c1nc2ccc(Br)cc2n1C. The maximum Gasteiger partial charge on any atom is 0.142 e. The number of benzene rings is 1. The molecular formula is C14H12BrN3. The highest BCUT2D eigenvalue weighted by atomic mass is 79.9. The molecule has 0 fully saturated rings. The fourth-order valence-corrected chi connectivity index (χ4v) is 2.45. The lowest BCUT2D eigenvalue weighted by Gasteiger charge is -2.04. The first kappa shape index (κ1) is 11.4. The van der Waals surface area contributed by atoms with Crippen LogP contribution < -0.4 is 0 Å². The van der Waals surface area contributed by atoms with Crippen molar-refractivity contribution in [3.8, 4) is 11.4 Å². The molecule has 0 radical (unpaired) electrons.